The normalized spacial score (nSPS) is 10.6. The van der Waals surface area contributed by atoms with Gasteiger partial charge in [-0.3, -0.25) is 23.6 Å². The van der Waals surface area contributed by atoms with Gasteiger partial charge in [-0.15, -0.1) is 0 Å². The molecule has 0 saturated heterocycles. The number of fused-ring (bicyclic) bond motifs is 1. The second-order valence-electron chi connectivity index (χ2n) is 6.21. The van der Waals surface area contributed by atoms with Crippen LogP contribution in [0.25, 0.3) is 5.65 Å². The van der Waals surface area contributed by atoms with Crippen LogP contribution in [0.1, 0.15) is 35.9 Å². The van der Waals surface area contributed by atoms with Crippen molar-refractivity contribution in [3.63, 3.8) is 0 Å². The number of nitrogens with zero attached hydrogens (tertiary/aromatic N) is 2. The molecule has 0 aliphatic rings. The molecule has 0 aliphatic heterocycles. The molecule has 10 nitrogen and oxygen atoms in total. The number of esters is 1. The van der Waals surface area contributed by atoms with Gasteiger partial charge >= 0.3 is 5.97 Å². The van der Waals surface area contributed by atoms with Gasteiger partial charge < -0.3 is 19.8 Å². The van der Waals surface area contributed by atoms with Crippen molar-refractivity contribution >= 4 is 29.1 Å². The van der Waals surface area contributed by atoms with Gasteiger partial charge in [0.2, 0.25) is 5.91 Å². The highest BCUT2D eigenvalue weighted by Crippen LogP contribution is 2.10. The average molecular weight is 412 g/mol. The number of ether oxygens (including phenoxy) is 1. The minimum Gasteiger partial charge on any atom is -0.467 e. The van der Waals surface area contributed by atoms with Crippen LogP contribution in [-0.2, 0) is 20.9 Å². The number of furan rings is 1. The lowest BCUT2D eigenvalue weighted by Crippen LogP contribution is -2.27. The minimum absolute atomic E-state index is 0.0606. The Balaban J connectivity index is 1.74. The number of rotatable bonds is 8. The number of amides is 2. The number of hydrogen-bond donors (Lipinski definition) is 2. The van der Waals surface area contributed by atoms with Gasteiger partial charge in [0.25, 0.3) is 11.5 Å². The summed E-state index contributed by atoms with van der Waals surface area (Å²) in [6.07, 6.45) is 3.91. The molecule has 3 aromatic rings. The fraction of sp³-hybridized carbons (Fsp3) is 0.250. The Bertz CT molecular complexity index is 1120. The van der Waals surface area contributed by atoms with E-state index in [1.807, 2.05) is 0 Å². The van der Waals surface area contributed by atoms with Crippen LogP contribution >= 0.6 is 0 Å². The zero-order chi connectivity index (χ0) is 21.5. The van der Waals surface area contributed by atoms with Crippen LogP contribution in [0.2, 0.25) is 0 Å². The summed E-state index contributed by atoms with van der Waals surface area (Å²) >= 11 is 0. The van der Waals surface area contributed by atoms with Crippen LogP contribution in [0.5, 0.6) is 0 Å². The Hall–Kier alpha value is -3.95. The first-order valence-electron chi connectivity index (χ1n) is 9.26. The lowest BCUT2D eigenvalue weighted by molar-refractivity contribution is -0.144. The monoisotopic (exact) mass is 412 g/mol. The third kappa shape index (κ3) is 4.90. The maximum atomic E-state index is 12.7. The maximum Gasteiger partial charge on any atom is 0.306 e. The van der Waals surface area contributed by atoms with Crippen LogP contribution in [-0.4, -0.2) is 33.8 Å². The number of carbonyl (C=O) groups is 3. The molecule has 0 atom stereocenters. The zero-order valence-corrected chi connectivity index (χ0v) is 16.2. The molecular weight excluding hydrogens is 392 g/mol. The van der Waals surface area contributed by atoms with Gasteiger partial charge in [-0.25, -0.2) is 4.98 Å². The van der Waals surface area contributed by atoms with Gasteiger partial charge in [0.15, 0.2) is 5.65 Å². The van der Waals surface area contributed by atoms with E-state index < -0.39 is 23.3 Å². The molecule has 0 bridgehead atoms. The molecule has 0 saturated carbocycles. The van der Waals surface area contributed by atoms with Gasteiger partial charge in [-0.2, -0.15) is 0 Å². The van der Waals surface area contributed by atoms with Gasteiger partial charge in [0.1, 0.15) is 11.4 Å². The summed E-state index contributed by atoms with van der Waals surface area (Å²) in [5.74, 6) is -0.857. The molecule has 2 amide bonds. The highest BCUT2D eigenvalue weighted by Gasteiger charge is 2.15. The van der Waals surface area contributed by atoms with E-state index in [-0.39, 0.29) is 42.9 Å². The van der Waals surface area contributed by atoms with Crippen LogP contribution < -0.4 is 16.2 Å². The first-order chi connectivity index (χ1) is 14.5. The predicted molar refractivity (Wildman–Crippen MR) is 106 cm³/mol. The number of anilines is 1. The number of aromatic nitrogens is 2. The van der Waals surface area contributed by atoms with E-state index >= 15 is 0 Å². The number of nitrogens with one attached hydrogen (secondary N) is 2. The standard InChI is InChI=1S/C20H20N4O6/c1-2-29-17(26)8-7-16(25)23-15-12-21-18-14(6-3-9-24(18)20(15)28)19(27)22-11-13-5-4-10-30-13/h3-6,9-10,12H,2,7-8,11H2,1H3,(H,22,27)(H,23,25). The molecule has 30 heavy (non-hydrogen) atoms. The van der Waals surface area contributed by atoms with Gasteiger partial charge in [-0.1, -0.05) is 0 Å². The van der Waals surface area contributed by atoms with Gasteiger partial charge in [0.05, 0.1) is 37.6 Å². The first kappa shape index (κ1) is 20.8. The van der Waals surface area contributed by atoms with Gasteiger partial charge in [0, 0.05) is 12.6 Å². The van der Waals surface area contributed by atoms with E-state index in [9.17, 15) is 19.2 Å². The predicted octanol–water partition coefficient (Wildman–Crippen LogP) is 1.50. The summed E-state index contributed by atoms with van der Waals surface area (Å²) in [6, 6.07) is 6.51. The SMILES string of the molecule is CCOC(=O)CCC(=O)Nc1cnc2c(C(=O)NCc3ccco3)cccn2c1=O. The fourth-order valence-corrected chi connectivity index (χ4v) is 2.71. The lowest BCUT2D eigenvalue weighted by atomic mass is 10.2. The summed E-state index contributed by atoms with van der Waals surface area (Å²) in [7, 11) is 0. The van der Waals surface area contributed by atoms with Crippen molar-refractivity contribution in [2.75, 3.05) is 11.9 Å². The Morgan fingerprint density at radius 1 is 1.20 bits per heavy atom. The topological polar surface area (TPSA) is 132 Å². The summed E-state index contributed by atoms with van der Waals surface area (Å²) in [5.41, 5.74) is -0.273. The minimum atomic E-state index is -0.551. The molecular formula is C20H20N4O6. The molecule has 3 rings (SSSR count). The Labute approximate surface area is 170 Å². The molecule has 10 heteroatoms. The summed E-state index contributed by atoms with van der Waals surface area (Å²) in [6.45, 7) is 2.09. The van der Waals surface area contributed by atoms with Crippen molar-refractivity contribution in [3.05, 3.63) is 64.6 Å². The average Bonchev–Trinajstić information content (AvgIpc) is 3.26. The van der Waals surface area contributed by atoms with E-state index in [1.165, 1.54) is 35.2 Å². The second kappa shape index (κ2) is 9.50. The quantitative estimate of drug-likeness (QED) is 0.536. The highest BCUT2D eigenvalue weighted by molar-refractivity contribution is 6.00. The molecule has 0 radical (unpaired) electrons. The van der Waals surface area contributed by atoms with Crippen LogP contribution in [0.3, 0.4) is 0 Å². The van der Waals surface area contributed by atoms with Crippen LogP contribution in [0.4, 0.5) is 5.69 Å². The van der Waals surface area contributed by atoms with Crippen LogP contribution in [0.15, 0.2) is 52.1 Å². The van der Waals surface area contributed by atoms with E-state index in [4.69, 9.17) is 9.15 Å². The van der Waals surface area contributed by atoms with E-state index in [1.54, 1.807) is 19.1 Å². The van der Waals surface area contributed by atoms with Crippen LogP contribution in [0, 0.1) is 0 Å². The fourth-order valence-electron chi connectivity index (χ4n) is 2.71. The van der Waals surface area contributed by atoms with Crippen molar-refractivity contribution in [3.8, 4) is 0 Å². The lowest BCUT2D eigenvalue weighted by Gasteiger charge is -2.09. The highest BCUT2D eigenvalue weighted by atomic mass is 16.5. The molecule has 3 aromatic heterocycles. The molecule has 0 unspecified atom stereocenters. The molecule has 0 fully saturated rings. The number of carbonyl (C=O) groups excluding carboxylic acids is 3. The summed E-state index contributed by atoms with van der Waals surface area (Å²) < 4.78 is 11.1. The van der Waals surface area contributed by atoms with E-state index in [2.05, 4.69) is 15.6 Å². The summed E-state index contributed by atoms with van der Waals surface area (Å²) in [4.78, 5) is 52.7. The largest absolute Gasteiger partial charge is 0.467 e. The van der Waals surface area contributed by atoms with Crippen molar-refractivity contribution in [1.82, 2.24) is 14.7 Å². The van der Waals surface area contributed by atoms with Crippen molar-refractivity contribution in [2.24, 2.45) is 0 Å². The number of hydrogen-bond acceptors (Lipinski definition) is 7. The molecule has 2 N–H and O–H groups in total. The summed E-state index contributed by atoms with van der Waals surface area (Å²) in [5, 5.41) is 5.13. The van der Waals surface area contributed by atoms with Crippen molar-refractivity contribution < 1.29 is 23.5 Å². The molecule has 0 aromatic carbocycles. The van der Waals surface area contributed by atoms with E-state index in [0.717, 1.165) is 0 Å². The molecule has 3 heterocycles. The third-order valence-electron chi connectivity index (χ3n) is 4.12. The Kier molecular flexibility index (Phi) is 6.58. The van der Waals surface area contributed by atoms with E-state index in [0.29, 0.717) is 5.76 Å². The van der Waals surface area contributed by atoms with Gasteiger partial charge in [-0.05, 0) is 31.2 Å². The number of pyridine rings is 1. The molecule has 0 aliphatic carbocycles. The Morgan fingerprint density at radius 2 is 2.03 bits per heavy atom. The Morgan fingerprint density at radius 3 is 2.77 bits per heavy atom. The van der Waals surface area contributed by atoms with Crippen molar-refractivity contribution in [1.29, 1.82) is 0 Å². The molecule has 156 valence electrons. The van der Waals surface area contributed by atoms with Crippen molar-refractivity contribution in [2.45, 2.75) is 26.3 Å². The smallest absolute Gasteiger partial charge is 0.306 e. The zero-order valence-electron chi connectivity index (χ0n) is 16.2. The maximum absolute atomic E-state index is 12.7. The molecule has 0 spiro atoms. The second-order valence-corrected chi connectivity index (χ2v) is 6.21. The first-order valence-corrected chi connectivity index (χ1v) is 9.26. The third-order valence-corrected chi connectivity index (χ3v) is 4.12.